The monoisotopic (exact) mass is 120 g/mol. The van der Waals surface area contributed by atoms with E-state index >= 15 is 0 Å². The molecule has 0 bridgehead atoms. The summed E-state index contributed by atoms with van der Waals surface area (Å²) in [6.45, 7) is 0. The van der Waals surface area contributed by atoms with Gasteiger partial charge in [0, 0.05) is 18.6 Å². The van der Waals surface area contributed by atoms with Gasteiger partial charge in [0.05, 0.1) is 0 Å². The third-order valence-electron chi connectivity index (χ3n) is 0. The summed E-state index contributed by atoms with van der Waals surface area (Å²) in [5, 5.41) is 0. The van der Waals surface area contributed by atoms with Crippen molar-refractivity contribution in [3.05, 3.63) is 6.26 Å². The second-order valence-corrected chi connectivity index (χ2v) is 0. The van der Waals surface area contributed by atoms with Crippen molar-refractivity contribution in [1.82, 2.24) is 0 Å². The summed E-state index contributed by atoms with van der Waals surface area (Å²) in [4.78, 5) is 0. The summed E-state index contributed by atoms with van der Waals surface area (Å²) in [5.41, 5.74) is 0. The van der Waals surface area contributed by atoms with E-state index in [1.54, 1.807) is 0 Å². The Morgan fingerprint density at radius 1 is 1.25 bits per heavy atom. The van der Waals surface area contributed by atoms with E-state index in [-0.39, 0.29) is 48.1 Å². The Labute approximate surface area is 66.3 Å². The van der Waals surface area contributed by atoms with Gasteiger partial charge in [-0.3, -0.25) is 0 Å². The molecule has 0 heterocycles. The van der Waals surface area contributed by atoms with Crippen LogP contribution in [0.1, 0.15) is 0 Å². The Morgan fingerprint density at radius 2 is 1.25 bits per heavy atom. The van der Waals surface area contributed by atoms with Crippen LogP contribution in [0.5, 0.6) is 0 Å². The van der Waals surface area contributed by atoms with Crippen LogP contribution in [0.2, 0.25) is 0 Å². The molecule has 4 heavy (non-hydrogen) atoms. The molecular weight excluding hydrogens is 118 g/mol. The van der Waals surface area contributed by atoms with Crippen LogP contribution in [0.25, 0.3) is 0 Å². The molecular formula is CH2NaSV-. The Bertz CT molecular complexity index is 8.00. The molecule has 0 aliphatic rings. The fraction of sp³-hybridized carbons (Fsp3) is 0. The van der Waals surface area contributed by atoms with E-state index in [1.807, 2.05) is 0 Å². The molecule has 0 fully saturated rings. The summed E-state index contributed by atoms with van der Waals surface area (Å²) in [7, 11) is 0. The van der Waals surface area contributed by atoms with E-state index in [4.69, 9.17) is 0 Å². The molecule has 0 atom stereocenters. The van der Waals surface area contributed by atoms with E-state index < -0.39 is 0 Å². The van der Waals surface area contributed by atoms with Gasteiger partial charge in [0.15, 0.2) is 0 Å². The van der Waals surface area contributed by atoms with Crippen molar-refractivity contribution in [2.75, 3.05) is 0 Å². The molecule has 0 aliphatic carbocycles. The predicted molar refractivity (Wildman–Crippen MR) is 12.7 cm³/mol. The molecule has 0 amide bonds. The van der Waals surface area contributed by atoms with Gasteiger partial charge in [-0.15, -0.1) is 0 Å². The smallest absolute Gasteiger partial charge is 1.00 e. The number of hydrogen-bond donors (Lipinski definition) is 0. The van der Waals surface area contributed by atoms with Crippen molar-refractivity contribution >= 4 is 12.6 Å². The standard InChI is InChI=1S/CH2S.Na.V/c1-2;;/h1H2;;/q-2;+1;. The Hall–Kier alpha value is 1.93. The van der Waals surface area contributed by atoms with Crippen LogP contribution in [-0.4, -0.2) is 0 Å². The van der Waals surface area contributed by atoms with Crippen LogP contribution in [0.4, 0.5) is 0 Å². The van der Waals surface area contributed by atoms with Crippen molar-refractivity contribution in [2.24, 2.45) is 0 Å². The Kier molecular flexibility index (Phi) is 85.6. The number of hydrogen-bond acceptors (Lipinski definition) is 1. The molecule has 0 saturated heterocycles. The van der Waals surface area contributed by atoms with Crippen LogP contribution < -0.4 is 29.6 Å². The predicted octanol–water partition coefficient (Wildman–Crippen LogP) is -2.67. The fourth-order valence-corrected chi connectivity index (χ4v) is 0. The largest absolute Gasteiger partial charge is 1.02 e. The minimum atomic E-state index is 0. The third kappa shape index (κ3) is 9.05. The summed E-state index contributed by atoms with van der Waals surface area (Å²) >= 11 is 3.83. The molecule has 0 spiro atoms. The van der Waals surface area contributed by atoms with E-state index in [1.165, 1.54) is 0 Å². The fourth-order valence-electron chi connectivity index (χ4n) is 0. The van der Waals surface area contributed by atoms with Crippen LogP contribution in [-0.2, 0) is 31.2 Å². The second-order valence-electron chi connectivity index (χ2n) is 0. The maximum atomic E-state index is 3.83. The maximum absolute atomic E-state index is 3.83. The SMILES string of the molecule is [CH2-][S-].[Na+].[V]. The van der Waals surface area contributed by atoms with E-state index in [0.29, 0.717) is 0 Å². The summed E-state index contributed by atoms with van der Waals surface area (Å²) in [5.74, 6) is 0. The molecule has 3 heteroatoms. The first-order valence-corrected chi connectivity index (χ1v) is 0.866. The average Bonchev–Trinajstić information content (AvgIpc) is 1.00. The van der Waals surface area contributed by atoms with Gasteiger partial charge in [0.1, 0.15) is 0 Å². The zero-order chi connectivity index (χ0) is 2.00. The molecule has 0 unspecified atom stereocenters. The first kappa shape index (κ1) is 16.8. The van der Waals surface area contributed by atoms with Crippen molar-refractivity contribution in [1.29, 1.82) is 0 Å². The first-order valence-electron chi connectivity index (χ1n) is 0.289. The molecule has 0 nitrogen and oxygen atoms in total. The van der Waals surface area contributed by atoms with Crippen LogP contribution >= 0.6 is 0 Å². The zero-order valence-electron chi connectivity index (χ0n) is 2.56. The van der Waals surface area contributed by atoms with E-state index in [9.17, 15) is 0 Å². The third-order valence-corrected chi connectivity index (χ3v) is 0. The molecule has 0 aromatic heterocycles. The zero-order valence-corrected chi connectivity index (χ0v) is 6.78. The minimum Gasteiger partial charge on any atom is -1.02 e. The van der Waals surface area contributed by atoms with Crippen molar-refractivity contribution < 1.29 is 48.1 Å². The van der Waals surface area contributed by atoms with Crippen molar-refractivity contribution in [3.8, 4) is 0 Å². The molecule has 19 valence electrons. The summed E-state index contributed by atoms with van der Waals surface area (Å²) in [6.07, 6.45) is 2.83. The van der Waals surface area contributed by atoms with Crippen molar-refractivity contribution in [3.63, 3.8) is 0 Å². The van der Waals surface area contributed by atoms with Gasteiger partial charge < -0.3 is 18.9 Å². The van der Waals surface area contributed by atoms with Gasteiger partial charge in [-0.2, -0.15) is 0 Å². The van der Waals surface area contributed by atoms with E-state index in [2.05, 4.69) is 18.9 Å². The van der Waals surface area contributed by atoms with Gasteiger partial charge in [-0.1, -0.05) is 0 Å². The summed E-state index contributed by atoms with van der Waals surface area (Å²) in [6, 6.07) is 0. The molecule has 0 rings (SSSR count). The molecule has 1 radical (unpaired) electrons. The van der Waals surface area contributed by atoms with Gasteiger partial charge in [-0.25, -0.2) is 0 Å². The van der Waals surface area contributed by atoms with Gasteiger partial charge in [0.25, 0.3) is 0 Å². The van der Waals surface area contributed by atoms with Gasteiger partial charge >= 0.3 is 29.6 Å². The second kappa shape index (κ2) is 20.4. The molecule has 0 aromatic rings. The number of rotatable bonds is 0. The Morgan fingerprint density at radius 3 is 1.25 bits per heavy atom. The first-order chi connectivity index (χ1) is 1.00. The van der Waals surface area contributed by atoms with Gasteiger partial charge in [-0.05, 0) is 0 Å². The maximum Gasteiger partial charge on any atom is 1.00 e. The van der Waals surface area contributed by atoms with Crippen LogP contribution in [0.3, 0.4) is 0 Å². The minimum absolute atomic E-state index is 0. The summed E-state index contributed by atoms with van der Waals surface area (Å²) < 4.78 is 0. The quantitative estimate of drug-likeness (QED) is 0.191. The van der Waals surface area contributed by atoms with E-state index in [0.717, 1.165) is 0 Å². The topological polar surface area (TPSA) is 0 Å². The molecule has 0 aromatic carbocycles. The Balaban J connectivity index is -0.00000000500. The normalized spacial score (nSPS) is 1.50. The molecule has 0 saturated carbocycles. The average molecular weight is 120 g/mol. The van der Waals surface area contributed by atoms with Crippen LogP contribution in [0, 0.1) is 6.26 Å². The van der Waals surface area contributed by atoms with Crippen molar-refractivity contribution in [2.45, 2.75) is 0 Å². The molecule has 0 N–H and O–H groups in total. The van der Waals surface area contributed by atoms with Crippen LogP contribution in [0.15, 0.2) is 0 Å². The van der Waals surface area contributed by atoms with Gasteiger partial charge in [0.2, 0.25) is 0 Å². The molecule has 0 aliphatic heterocycles.